The lowest BCUT2D eigenvalue weighted by atomic mass is 9.73. The van der Waals surface area contributed by atoms with Crippen LogP contribution in [0, 0.1) is 13.8 Å². The standard InChI is InChI=1S/C16H27NO/c1-6-16(7-2,11-17)14-9-13(5)15(18-8-3)10-12(14)4/h9-10H,6-8,11,17H2,1-5H3. The summed E-state index contributed by atoms with van der Waals surface area (Å²) in [5.41, 5.74) is 10.0. The quantitative estimate of drug-likeness (QED) is 0.834. The smallest absolute Gasteiger partial charge is 0.122 e. The van der Waals surface area contributed by atoms with Gasteiger partial charge < -0.3 is 10.5 Å². The highest BCUT2D eigenvalue weighted by Crippen LogP contribution is 2.36. The van der Waals surface area contributed by atoms with Gasteiger partial charge in [-0.05, 0) is 56.4 Å². The average molecular weight is 249 g/mol. The molecule has 0 fully saturated rings. The zero-order chi connectivity index (χ0) is 13.8. The first-order chi connectivity index (χ1) is 8.54. The van der Waals surface area contributed by atoms with Crippen molar-refractivity contribution in [1.29, 1.82) is 0 Å². The minimum Gasteiger partial charge on any atom is -0.494 e. The number of benzene rings is 1. The predicted octanol–water partition coefficient (Wildman–Crippen LogP) is 3.72. The Labute approximate surface area is 112 Å². The summed E-state index contributed by atoms with van der Waals surface area (Å²) in [4.78, 5) is 0. The third kappa shape index (κ3) is 2.69. The molecule has 1 aromatic rings. The van der Waals surface area contributed by atoms with Crippen molar-refractivity contribution in [3.63, 3.8) is 0 Å². The molecule has 0 unspecified atom stereocenters. The molecule has 0 radical (unpaired) electrons. The molecule has 0 saturated heterocycles. The van der Waals surface area contributed by atoms with Crippen LogP contribution in [0.25, 0.3) is 0 Å². The molecule has 0 atom stereocenters. The van der Waals surface area contributed by atoms with Crippen molar-refractivity contribution in [3.05, 3.63) is 28.8 Å². The topological polar surface area (TPSA) is 35.2 Å². The molecule has 0 aromatic heterocycles. The van der Waals surface area contributed by atoms with Gasteiger partial charge in [0.25, 0.3) is 0 Å². The van der Waals surface area contributed by atoms with Gasteiger partial charge in [0.2, 0.25) is 0 Å². The van der Waals surface area contributed by atoms with E-state index in [-0.39, 0.29) is 5.41 Å². The molecule has 2 N–H and O–H groups in total. The molecule has 2 heteroatoms. The second-order valence-electron chi connectivity index (χ2n) is 5.06. The van der Waals surface area contributed by atoms with Gasteiger partial charge in [0.15, 0.2) is 0 Å². The highest BCUT2D eigenvalue weighted by Gasteiger charge is 2.28. The van der Waals surface area contributed by atoms with E-state index in [4.69, 9.17) is 10.5 Å². The minimum atomic E-state index is 0.111. The van der Waals surface area contributed by atoms with Crippen LogP contribution in [-0.2, 0) is 5.41 Å². The molecule has 0 aliphatic rings. The van der Waals surface area contributed by atoms with E-state index in [0.29, 0.717) is 13.2 Å². The molecular weight excluding hydrogens is 222 g/mol. The summed E-state index contributed by atoms with van der Waals surface area (Å²) in [7, 11) is 0. The molecule has 0 heterocycles. The fourth-order valence-electron chi connectivity index (χ4n) is 2.70. The number of nitrogens with two attached hydrogens (primary N) is 1. The van der Waals surface area contributed by atoms with Gasteiger partial charge in [0.1, 0.15) is 5.75 Å². The summed E-state index contributed by atoms with van der Waals surface area (Å²) < 4.78 is 5.65. The van der Waals surface area contributed by atoms with Gasteiger partial charge in [-0.1, -0.05) is 19.9 Å². The normalized spacial score (nSPS) is 11.7. The maximum atomic E-state index is 6.05. The van der Waals surface area contributed by atoms with Crippen molar-refractivity contribution in [3.8, 4) is 5.75 Å². The van der Waals surface area contributed by atoms with E-state index in [2.05, 4.69) is 39.8 Å². The van der Waals surface area contributed by atoms with E-state index in [1.165, 1.54) is 16.7 Å². The van der Waals surface area contributed by atoms with Crippen LogP contribution in [0.3, 0.4) is 0 Å². The van der Waals surface area contributed by atoms with Gasteiger partial charge >= 0.3 is 0 Å². The predicted molar refractivity (Wildman–Crippen MR) is 78.4 cm³/mol. The Hall–Kier alpha value is -1.02. The lowest BCUT2D eigenvalue weighted by Gasteiger charge is -2.33. The van der Waals surface area contributed by atoms with Gasteiger partial charge in [-0.25, -0.2) is 0 Å². The maximum absolute atomic E-state index is 6.05. The maximum Gasteiger partial charge on any atom is 0.122 e. The molecule has 0 bridgehead atoms. The van der Waals surface area contributed by atoms with E-state index in [1.54, 1.807) is 0 Å². The summed E-state index contributed by atoms with van der Waals surface area (Å²) in [5.74, 6) is 0.997. The summed E-state index contributed by atoms with van der Waals surface area (Å²) in [6, 6.07) is 4.42. The van der Waals surface area contributed by atoms with E-state index in [9.17, 15) is 0 Å². The van der Waals surface area contributed by atoms with Crippen LogP contribution < -0.4 is 10.5 Å². The molecular formula is C16H27NO. The Morgan fingerprint density at radius 3 is 2.11 bits per heavy atom. The zero-order valence-electron chi connectivity index (χ0n) is 12.5. The Bertz CT molecular complexity index is 386. The first kappa shape index (κ1) is 15.0. The number of hydrogen-bond donors (Lipinski definition) is 1. The molecule has 0 amide bonds. The molecule has 0 aliphatic carbocycles. The monoisotopic (exact) mass is 249 g/mol. The molecule has 1 aromatic carbocycles. The summed E-state index contributed by atoms with van der Waals surface area (Å²) in [6.45, 7) is 12.2. The minimum absolute atomic E-state index is 0.111. The van der Waals surface area contributed by atoms with E-state index in [0.717, 1.165) is 18.6 Å². The van der Waals surface area contributed by atoms with Crippen molar-refractivity contribution in [2.75, 3.05) is 13.2 Å². The van der Waals surface area contributed by atoms with Gasteiger partial charge in [-0.15, -0.1) is 0 Å². The SMILES string of the molecule is CCOc1cc(C)c(C(CC)(CC)CN)cc1C. The first-order valence-electron chi connectivity index (χ1n) is 6.99. The Balaban J connectivity index is 3.29. The van der Waals surface area contributed by atoms with E-state index >= 15 is 0 Å². The van der Waals surface area contributed by atoms with Gasteiger partial charge in [-0.3, -0.25) is 0 Å². The van der Waals surface area contributed by atoms with Crippen molar-refractivity contribution >= 4 is 0 Å². The molecule has 102 valence electrons. The first-order valence-corrected chi connectivity index (χ1v) is 6.99. The summed E-state index contributed by atoms with van der Waals surface area (Å²) >= 11 is 0. The third-order valence-corrected chi connectivity index (χ3v) is 4.14. The highest BCUT2D eigenvalue weighted by atomic mass is 16.5. The lowest BCUT2D eigenvalue weighted by Crippen LogP contribution is -2.34. The Kier molecular flexibility index (Phi) is 5.21. The molecule has 0 spiro atoms. The van der Waals surface area contributed by atoms with E-state index in [1.807, 2.05) is 6.92 Å². The zero-order valence-corrected chi connectivity index (χ0v) is 12.5. The van der Waals surface area contributed by atoms with Crippen molar-refractivity contribution in [2.24, 2.45) is 5.73 Å². The molecule has 2 nitrogen and oxygen atoms in total. The largest absolute Gasteiger partial charge is 0.494 e. The Morgan fingerprint density at radius 1 is 1.06 bits per heavy atom. The number of aryl methyl sites for hydroxylation is 2. The van der Waals surface area contributed by atoms with Gasteiger partial charge in [0, 0.05) is 12.0 Å². The van der Waals surface area contributed by atoms with E-state index < -0.39 is 0 Å². The van der Waals surface area contributed by atoms with Crippen LogP contribution >= 0.6 is 0 Å². The number of rotatable bonds is 6. The van der Waals surface area contributed by atoms with Crippen LogP contribution in [0.15, 0.2) is 12.1 Å². The lowest BCUT2D eigenvalue weighted by molar-refractivity contribution is 0.336. The van der Waals surface area contributed by atoms with Crippen LogP contribution in [0.2, 0.25) is 0 Å². The molecule has 1 rings (SSSR count). The third-order valence-electron chi connectivity index (χ3n) is 4.14. The molecule has 0 saturated carbocycles. The number of hydrogen-bond acceptors (Lipinski definition) is 2. The van der Waals surface area contributed by atoms with Crippen LogP contribution in [0.5, 0.6) is 5.75 Å². The molecule has 0 aliphatic heterocycles. The summed E-state index contributed by atoms with van der Waals surface area (Å²) in [6.07, 6.45) is 2.16. The van der Waals surface area contributed by atoms with Crippen LogP contribution in [0.1, 0.15) is 50.3 Å². The second kappa shape index (κ2) is 6.24. The van der Waals surface area contributed by atoms with Gasteiger partial charge in [0.05, 0.1) is 6.61 Å². The van der Waals surface area contributed by atoms with Crippen molar-refractivity contribution < 1.29 is 4.74 Å². The second-order valence-corrected chi connectivity index (χ2v) is 5.06. The van der Waals surface area contributed by atoms with Gasteiger partial charge in [-0.2, -0.15) is 0 Å². The van der Waals surface area contributed by atoms with Crippen LogP contribution in [-0.4, -0.2) is 13.2 Å². The van der Waals surface area contributed by atoms with Crippen LogP contribution in [0.4, 0.5) is 0 Å². The molecule has 18 heavy (non-hydrogen) atoms. The average Bonchev–Trinajstić information content (AvgIpc) is 2.38. The Morgan fingerprint density at radius 2 is 1.67 bits per heavy atom. The highest BCUT2D eigenvalue weighted by molar-refractivity contribution is 5.45. The fraction of sp³-hybridized carbons (Fsp3) is 0.625. The van der Waals surface area contributed by atoms with Crippen molar-refractivity contribution in [1.82, 2.24) is 0 Å². The number of ether oxygens (including phenoxy) is 1. The summed E-state index contributed by atoms with van der Waals surface area (Å²) in [5, 5.41) is 0. The fourth-order valence-corrected chi connectivity index (χ4v) is 2.70. The van der Waals surface area contributed by atoms with Crippen molar-refractivity contribution in [2.45, 2.75) is 52.9 Å².